The van der Waals surface area contributed by atoms with E-state index in [1.165, 1.54) is 0 Å². The van der Waals surface area contributed by atoms with Crippen LogP contribution in [0, 0.1) is 27.7 Å². The normalized spacial score (nSPS) is 10.8. The van der Waals surface area contributed by atoms with E-state index in [0.717, 1.165) is 16.8 Å². The molecular formula is C19H21N5O2. The molecule has 3 N–H and O–H groups in total. The highest BCUT2D eigenvalue weighted by atomic mass is 16.1. The molecule has 0 spiro atoms. The minimum Gasteiger partial charge on any atom is -0.366 e. The van der Waals surface area contributed by atoms with Crippen LogP contribution in [0.5, 0.6) is 0 Å². The number of aryl methyl sites for hydroxylation is 3. The van der Waals surface area contributed by atoms with E-state index in [1.807, 2.05) is 26.0 Å². The number of aromatic amines is 2. The summed E-state index contributed by atoms with van der Waals surface area (Å²) in [5, 5.41) is 3.15. The summed E-state index contributed by atoms with van der Waals surface area (Å²) in [5.41, 5.74) is 4.24. The molecule has 0 aliphatic heterocycles. The molecule has 134 valence electrons. The van der Waals surface area contributed by atoms with E-state index in [4.69, 9.17) is 0 Å². The van der Waals surface area contributed by atoms with Gasteiger partial charge in [0.2, 0.25) is 0 Å². The van der Waals surface area contributed by atoms with Gasteiger partial charge in [0.15, 0.2) is 0 Å². The molecule has 0 radical (unpaired) electrons. The van der Waals surface area contributed by atoms with E-state index in [2.05, 4.69) is 25.3 Å². The Labute approximate surface area is 150 Å². The molecule has 0 saturated heterocycles. The summed E-state index contributed by atoms with van der Waals surface area (Å²) < 4.78 is 0. The van der Waals surface area contributed by atoms with E-state index in [9.17, 15) is 9.59 Å². The molecule has 3 heterocycles. The van der Waals surface area contributed by atoms with Gasteiger partial charge >= 0.3 is 0 Å². The first kappa shape index (κ1) is 17.6. The van der Waals surface area contributed by atoms with Crippen LogP contribution in [0.3, 0.4) is 0 Å². The van der Waals surface area contributed by atoms with Gasteiger partial charge in [0.25, 0.3) is 11.1 Å². The summed E-state index contributed by atoms with van der Waals surface area (Å²) >= 11 is 0. The van der Waals surface area contributed by atoms with Gasteiger partial charge in [-0.3, -0.25) is 9.59 Å². The molecule has 3 aromatic heterocycles. The number of nitrogens with zero attached hydrogens (tertiary/aromatic N) is 2. The van der Waals surface area contributed by atoms with Crippen molar-refractivity contribution in [1.29, 1.82) is 0 Å². The van der Waals surface area contributed by atoms with E-state index in [0.29, 0.717) is 35.0 Å². The van der Waals surface area contributed by atoms with Gasteiger partial charge in [0, 0.05) is 40.8 Å². The average molecular weight is 351 g/mol. The van der Waals surface area contributed by atoms with Gasteiger partial charge in [-0.25, -0.2) is 9.97 Å². The number of aromatic nitrogens is 4. The molecular weight excluding hydrogens is 330 g/mol. The van der Waals surface area contributed by atoms with Crippen LogP contribution in [0.25, 0.3) is 11.4 Å². The summed E-state index contributed by atoms with van der Waals surface area (Å²) in [6, 6.07) is 5.56. The van der Waals surface area contributed by atoms with Gasteiger partial charge in [-0.1, -0.05) is 0 Å². The van der Waals surface area contributed by atoms with E-state index in [1.54, 1.807) is 26.1 Å². The van der Waals surface area contributed by atoms with Crippen molar-refractivity contribution in [2.75, 3.05) is 5.32 Å². The Hall–Kier alpha value is -3.22. The van der Waals surface area contributed by atoms with Crippen LogP contribution in [0.1, 0.15) is 28.1 Å². The van der Waals surface area contributed by atoms with Crippen molar-refractivity contribution in [3.8, 4) is 11.4 Å². The van der Waals surface area contributed by atoms with Crippen molar-refractivity contribution in [3.05, 3.63) is 73.2 Å². The first-order chi connectivity index (χ1) is 12.3. The number of hydrogen-bond donors (Lipinski definition) is 3. The molecule has 0 atom stereocenters. The van der Waals surface area contributed by atoms with Gasteiger partial charge < -0.3 is 15.3 Å². The number of nitrogens with one attached hydrogen (secondary N) is 3. The van der Waals surface area contributed by atoms with Crippen LogP contribution in [0.4, 0.5) is 5.82 Å². The lowest BCUT2D eigenvalue weighted by atomic mass is 10.1. The molecule has 0 aromatic carbocycles. The van der Waals surface area contributed by atoms with Crippen LogP contribution in [-0.2, 0) is 6.54 Å². The largest absolute Gasteiger partial charge is 0.366 e. The number of hydrogen-bond acceptors (Lipinski definition) is 5. The fraction of sp³-hybridized carbons (Fsp3) is 0.263. The summed E-state index contributed by atoms with van der Waals surface area (Å²) in [7, 11) is 0. The Morgan fingerprint density at radius 2 is 1.81 bits per heavy atom. The Kier molecular flexibility index (Phi) is 4.71. The first-order valence-corrected chi connectivity index (χ1v) is 8.32. The van der Waals surface area contributed by atoms with Crippen LogP contribution in [-0.4, -0.2) is 19.9 Å². The standard InChI is InChI=1S/C19H21N5O2/c1-10-7-11(2)22-19(26)15(10)9-21-16-6-5-14(8-20-16)17-23-13(4)12(3)18(25)24-17/h5-8H,9H2,1-4H3,(H,20,21)(H,22,26)(H,23,24,25). The van der Waals surface area contributed by atoms with Crippen molar-refractivity contribution < 1.29 is 0 Å². The van der Waals surface area contributed by atoms with Crippen LogP contribution in [0.2, 0.25) is 0 Å². The molecule has 0 unspecified atom stereocenters. The highest BCUT2D eigenvalue weighted by Gasteiger charge is 2.08. The Morgan fingerprint density at radius 1 is 1.04 bits per heavy atom. The summed E-state index contributed by atoms with van der Waals surface area (Å²) in [4.78, 5) is 38.2. The molecule has 7 nitrogen and oxygen atoms in total. The maximum absolute atomic E-state index is 12.1. The number of rotatable bonds is 4. The van der Waals surface area contributed by atoms with Crippen molar-refractivity contribution in [2.45, 2.75) is 34.2 Å². The highest BCUT2D eigenvalue weighted by molar-refractivity contribution is 5.56. The van der Waals surface area contributed by atoms with Crippen molar-refractivity contribution in [3.63, 3.8) is 0 Å². The van der Waals surface area contributed by atoms with Gasteiger partial charge in [-0.15, -0.1) is 0 Å². The minimum absolute atomic E-state index is 0.0940. The Morgan fingerprint density at radius 3 is 2.42 bits per heavy atom. The third kappa shape index (κ3) is 3.56. The predicted octanol–water partition coefficient (Wildman–Crippen LogP) is 2.37. The maximum Gasteiger partial charge on any atom is 0.254 e. The van der Waals surface area contributed by atoms with Gasteiger partial charge in [-0.05, 0) is 51.5 Å². The average Bonchev–Trinajstić information content (AvgIpc) is 2.59. The van der Waals surface area contributed by atoms with E-state index in [-0.39, 0.29) is 11.1 Å². The number of anilines is 1. The second-order valence-electron chi connectivity index (χ2n) is 6.35. The van der Waals surface area contributed by atoms with Gasteiger partial charge in [-0.2, -0.15) is 0 Å². The molecule has 0 saturated carbocycles. The van der Waals surface area contributed by atoms with Crippen LogP contribution in [0.15, 0.2) is 34.0 Å². The SMILES string of the molecule is Cc1cc(C)c(CNc2ccc(-c3nc(C)c(C)c(=O)[nH]3)cn2)c(=O)[nH]1. The molecule has 26 heavy (non-hydrogen) atoms. The molecule has 0 bridgehead atoms. The van der Waals surface area contributed by atoms with Crippen molar-refractivity contribution in [2.24, 2.45) is 0 Å². The van der Waals surface area contributed by atoms with E-state index < -0.39 is 0 Å². The molecule has 0 fully saturated rings. The minimum atomic E-state index is -0.149. The van der Waals surface area contributed by atoms with Crippen LogP contribution < -0.4 is 16.4 Å². The molecule has 0 aliphatic carbocycles. The zero-order valence-corrected chi connectivity index (χ0v) is 15.2. The second kappa shape index (κ2) is 6.95. The van der Waals surface area contributed by atoms with Crippen molar-refractivity contribution in [1.82, 2.24) is 19.9 Å². The fourth-order valence-electron chi connectivity index (χ4n) is 2.70. The summed E-state index contributed by atoms with van der Waals surface area (Å²) in [5.74, 6) is 1.13. The lowest BCUT2D eigenvalue weighted by Gasteiger charge is -2.09. The van der Waals surface area contributed by atoms with Crippen LogP contribution >= 0.6 is 0 Å². The van der Waals surface area contributed by atoms with E-state index >= 15 is 0 Å². The molecule has 3 rings (SSSR count). The van der Waals surface area contributed by atoms with Gasteiger partial charge in [0.05, 0.1) is 0 Å². The highest BCUT2D eigenvalue weighted by Crippen LogP contribution is 2.16. The topological polar surface area (TPSA) is 104 Å². The predicted molar refractivity (Wildman–Crippen MR) is 101 cm³/mol. The third-order valence-corrected chi connectivity index (χ3v) is 4.37. The number of H-pyrrole nitrogens is 2. The lowest BCUT2D eigenvalue weighted by molar-refractivity contribution is 1.00. The fourth-order valence-corrected chi connectivity index (χ4v) is 2.70. The molecule has 0 aliphatic rings. The first-order valence-electron chi connectivity index (χ1n) is 8.32. The zero-order valence-electron chi connectivity index (χ0n) is 15.2. The quantitative estimate of drug-likeness (QED) is 0.669. The van der Waals surface area contributed by atoms with Gasteiger partial charge in [0.1, 0.15) is 11.6 Å². The third-order valence-electron chi connectivity index (χ3n) is 4.37. The molecule has 7 heteroatoms. The Bertz CT molecular complexity index is 1060. The number of pyridine rings is 2. The molecule has 0 amide bonds. The Balaban J connectivity index is 1.79. The smallest absolute Gasteiger partial charge is 0.254 e. The molecule has 3 aromatic rings. The van der Waals surface area contributed by atoms with Crippen molar-refractivity contribution >= 4 is 5.82 Å². The summed E-state index contributed by atoms with van der Waals surface area (Å²) in [6.07, 6.45) is 1.64. The monoisotopic (exact) mass is 351 g/mol. The maximum atomic E-state index is 12.1. The second-order valence-corrected chi connectivity index (χ2v) is 6.35. The summed E-state index contributed by atoms with van der Waals surface area (Å²) in [6.45, 7) is 7.70. The lowest BCUT2D eigenvalue weighted by Crippen LogP contribution is -2.18. The zero-order chi connectivity index (χ0) is 18.8.